The van der Waals surface area contributed by atoms with E-state index in [0.717, 1.165) is 10.9 Å². The summed E-state index contributed by atoms with van der Waals surface area (Å²) in [7, 11) is 0. The molecule has 0 saturated carbocycles. The average Bonchev–Trinajstić information content (AvgIpc) is 2.92. The third-order valence-corrected chi connectivity index (χ3v) is 3.66. The van der Waals surface area contributed by atoms with Gasteiger partial charge in [-0.2, -0.15) is 0 Å². The van der Waals surface area contributed by atoms with E-state index in [2.05, 4.69) is 15.2 Å². The second kappa shape index (κ2) is 6.32. The van der Waals surface area contributed by atoms with E-state index in [-0.39, 0.29) is 6.03 Å². The van der Waals surface area contributed by atoms with Gasteiger partial charge in [-0.05, 0) is 29.6 Å². The molecule has 3 aromatic rings. The van der Waals surface area contributed by atoms with Crippen LogP contribution >= 0.6 is 11.9 Å². The maximum atomic E-state index is 11.8. The van der Waals surface area contributed by atoms with Crippen molar-refractivity contribution < 1.29 is 9.32 Å². The van der Waals surface area contributed by atoms with E-state index < -0.39 is 0 Å². The number of hydrogen-bond acceptors (Lipinski definition) is 4. The van der Waals surface area contributed by atoms with Crippen LogP contribution in [0.3, 0.4) is 0 Å². The Balaban J connectivity index is 1.55. The van der Waals surface area contributed by atoms with Gasteiger partial charge < -0.3 is 4.52 Å². The van der Waals surface area contributed by atoms with Crippen LogP contribution in [0.15, 0.2) is 59.1 Å². The Morgan fingerprint density at radius 3 is 2.71 bits per heavy atom. The van der Waals surface area contributed by atoms with E-state index in [9.17, 15) is 4.79 Å². The number of urea groups is 1. The third kappa shape index (κ3) is 3.35. The Hall–Kier alpha value is -2.47. The molecule has 106 valence electrons. The lowest BCUT2D eigenvalue weighted by Crippen LogP contribution is -2.23. The number of para-hydroxylation sites is 1. The van der Waals surface area contributed by atoms with Crippen LogP contribution in [0.2, 0.25) is 0 Å². The molecule has 21 heavy (non-hydrogen) atoms. The first-order valence-electron chi connectivity index (χ1n) is 6.40. The number of aromatic nitrogens is 1. The van der Waals surface area contributed by atoms with Crippen molar-refractivity contribution in [1.82, 2.24) is 9.88 Å². The summed E-state index contributed by atoms with van der Waals surface area (Å²) in [6.07, 6.45) is 0. The summed E-state index contributed by atoms with van der Waals surface area (Å²) in [6, 6.07) is 17.0. The first kappa shape index (κ1) is 13.5. The molecule has 1 aromatic heterocycles. The molecule has 0 bridgehead atoms. The number of hydrogen-bond donors (Lipinski definition) is 2. The zero-order chi connectivity index (χ0) is 14.5. The number of nitrogens with zero attached hydrogens (tertiary/aromatic N) is 1. The molecule has 0 aliphatic heterocycles. The summed E-state index contributed by atoms with van der Waals surface area (Å²) in [5, 5.41) is 7.30. The van der Waals surface area contributed by atoms with Crippen molar-refractivity contribution in [3.63, 3.8) is 0 Å². The third-order valence-electron chi connectivity index (χ3n) is 2.86. The molecule has 6 heteroatoms. The van der Waals surface area contributed by atoms with Gasteiger partial charge in [-0.1, -0.05) is 47.6 Å². The lowest BCUT2D eigenvalue weighted by atomic mass is 10.2. The number of amides is 2. The second-order valence-electron chi connectivity index (χ2n) is 4.36. The van der Waals surface area contributed by atoms with E-state index in [1.807, 2.05) is 48.5 Å². The fraction of sp³-hybridized carbons (Fsp3) is 0.0667. The van der Waals surface area contributed by atoms with Crippen molar-refractivity contribution in [2.45, 2.75) is 5.75 Å². The van der Waals surface area contributed by atoms with Crippen molar-refractivity contribution in [2.24, 2.45) is 0 Å². The molecular formula is C15H13N3O2S. The zero-order valence-electron chi connectivity index (χ0n) is 11.1. The van der Waals surface area contributed by atoms with E-state index in [1.165, 1.54) is 11.9 Å². The fourth-order valence-electron chi connectivity index (χ4n) is 1.87. The molecular weight excluding hydrogens is 286 g/mol. The van der Waals surface area contributed by atoms with Crippen molar-refractivity contribution in [3.05, 3.63) is 60.2 Å². The minimum atomic E-state index is -0.324. The maximum Gasteiger partial charge on any atom is 0.330 e. The average molecular weight is 299 g/mol. The molecule has 0 aliphatic rings. The maximum absolute atomic E-state index is 11.8. The molecule has 0 aliphatic carbocycles. The van der Waals surface area contributed by atoms with Gasteiger partial charge in [0.25, 0.3) is 0 Å². The number of anilines is 1. The van der Waals surface area contributed by atoms with Crippen molar-refractivity contribution in [3.8, 4) is 0 Å². The number of fused-ring (bicyclic) bond motifs is 1. The zero-order valence-corrected chi connectivity index (χ0v) is 11.9. The predicted octanol–water partition coefficient (Wildman–Crippen LogP) is 3.80. The summed E-state index contributed by atoms with van der Waals surface area (Å²) in [4.78, 5) is 11.8. The summed E-state index contributed by atoms with van der Waals surface area (Å²) >= 11 is 1.32. The number of benzene rings is 2. The van der Waals surface area contributed by atoms with E-state index >= 15 is 0 Å². The van der Waals surface area contributed by atoms with Crippen molar-refractivity contribution in [2.75, 3.05) is 5.32 Å². The molecule has 2 N–H and O–H groups in total. The largest absolute Gasteiger partial charge is 0.354 e. The molecule has 5 nitrogen and oxygen atoms in total. The van der Waals surface area contributed by atoms with Gasteiger partial charge in [0.05, 0.1) is 5.39 Å². The monoisotopic (exact) mass is 299 g/mol. The molecule has 2 aromatic carbocycles. The molecule has 0 atom stereocenters. The SMILES string of the molecule is O=C(NSCc1ccccc1)Nc1noc2ccccc12. The molecule has 0 spiro atoms. The van der Waals surface area contributed by atoms with Crippen molar-refractivity contribution in [1.29, 1.82) is 0 Å². The van der Waals surface area contributed by atoms with Gasteiger partial charge in [0.1, 0.15) is 0 Å². The van der Waals surface area contributed by atoms with Gasteiger partial charge in [-0.3, -0.25) is 10.0 Å². The second-order valence-corrected chi connectivity index (χ2v) is 5.14. The first-order chi connectivity index (χ1) is 10.3. The van der Waals surface area contributed by atoms with Gasteiger partial charge >= 0.3 is 6.03 Å². The quantitative estimate of drug-likeness (QED) is 0.719. The molecule has 0 fully saturated rings. The van der Waals surface area contributed by atoms with Crippen molar-refractivity contribution >= 4 is 34.8 Å². The minimum Gasteiger partial charge on any atom is -0.354 e. The van der Waals surface area contributed by atoms with Crippen LogP contribution < -0.4 is 10.0 Å². The van der Waals surface area contributed by atoms with E-state index in [4.69, 9.17) is 4.52 Å². The highest BCUT2D eigenvalue weighted by Gasteiger charge is 2.10. The Kier molecular flexibility index (Phi) is 4.07. The highest BCUT2D eigenvalue weighted by molar-refractivity contribution is 7.97. The molecule has 0 saturated heterocycles. The number of carbonyl (C=O) groups is 1. The predicted molar refractivity (Wildman–Crippen MR) is 83.9 cm³/mol. The van der Waals surface area contributed by atoms with Crippen LogP contribution in [0.1, 0.15) is 5.56 Å². The van der Waals surface area contributed by atoms with E-state index in [1.54, 1.807) is 6.07 Å². The fourth-order valence-corrected chi connectivity index (χ4v) is 2.48. The Morgan fingerprint density at radius 2 is 1.86 bits per heavy atom. The van der Waals surface area contributed by atoms with Gasteiger partial charge in [0.15, 0.2) is 11.4 Å². The van der Waals surface area contributed by atoms with Gasteiger partial charge in [-0.15, -0.1) is 0 Å². The number of carbonyl (C=O) groups excluding carboxylic acids is 1. The summed E-state index contributed by atoms with van der Waals surface area (Å²) in [5.41, 5.74) is 1.79. The first-order valence-corrected chi connectivity index (χ1v) is 7.38. The lowest BCUT2D eigenvalue weighted by Gasteiger charge is -2.04. The highest BCUT2D eigenvalue weighted by atomic mass is 32.2. The highest BCUT2D eigenvalue weighted by Crippen LogP contribution is 2.22. The van der Waals surface area contributed by atoms with Crippen LogP contribution in [0, 0.1) is 0 Å². The van der Waals surface area contributed by atoms with E-state index in [0.29, 0.717) is 17.2 Å². The Labute approximate surface area is 125 Å². The molecule has 2 amide bonds. The molecule has 3 rings (SSSR count). The summed E-state index contributed by atoms with van der Waals surface area (Å²) in [5.74, 6) is 1.12. The van der Waals surface area contributed by atoms with Crippen LogP contribution in [-0.2, 0) is 5.75 Å². The minimum absolute atomic E-state index is 0.324. The molecule has 1 heterocycles. The summed E-state index contributed by atoms with van der Waals surface area (Å²) in [6.45, 7) is 0. The topological polar surface area (TPSA) is 67.2 Å². The van der Waals surface area contributed by atoms with Crippen LogP contribution in [0.4, 0.5) is 10.6 Å². The lowest BCUT2D eigenvalue weighted by molar-refractivity contribution is 0.257. The summed E-state index contributed by atoms with van der Waals surface area (Å²) < 4.78 is 7.84. The molecule has 0 unspecified atom stereocenters. The molecule has 0 radical (unpaired) electrons. The smallest absolute Gasteiger partial charge is 0.330 e. The van der Waals surface area contributed by atoms with Crippen LogP contribution in [0.5, 0.6) is 0 Å². The normalized spacial score (nSPS) is 10.5. The van der Waals surface area contributed by atoms with Crippen LogP contribution in [-0.4, -0.2) is 11.2 Å². The Morgan fingerprint density at radius 1 is 1.10 bits per heavy atom. The van der Waals surface area contributed by atoms with Gasteiger partial charge in [0.2, 0.25) is 0 Å². The van der Waals surface area contributed by atoms with Gasteiger partial charge in [-0.25, -0.2) is 4.79 Å². The van der Waals surface area contributed by atoms with Crippen LogP contribution in [0.25, 0.3) is 11.0 Å². The standard InChI is InChI=1S/C15H13N3O2S/c19-15(18-21-10-11-6-2-1-3-7-11)16-14-12-8-4-5-9-13(12)20-17-14/h1-9H,10H2,(H2,16,17,18,19). The van der Waals surface area contributed by atoms with Gasteiger partial charge in [0, 0.05) is 5.75 Å². The number of nitrogens with one attached hydrogen (secondary N) is 2. The number of rotatable bonds is 4. The Bertz CT molecular complexity index is 743.